The van der Waals surface area contributed by atoms with Crippen LogP contribution >= 0.6 is 0 Å². The molecule has 0 aliphatic heterocycles. The minimum atomic E-state index is -0.167. The van der Waals surface area contributed by atoms with Crippen LogP contribution in [0.2, 0.25) is 0 Å². The maximum atomic E-state index is 10.7. The van der Waals surface area contributed by atoms with Gasteiger partial charge in [-0.1, -0.05) is 48.5 Å². The summed E-state index contributed by atoms with van der Waals surface area (Å²) in [4.78, 5) is 0. The molecule has 0 aliphatic carbocycles. The van der Waals surface area contributed by atoms with Crippen molar-refractivity contribution in [2.75, 3.05) is 0 Å². The van der Waals surface area contributed by atoms with Crippen molar-refractivity contribution in [1.82, 2.24) is 0 Å². The van der Waals surface area contributed by atoms with Gasteiger partial charge < -0.3 is 20.4 Å². The third-order valence-electron chi connectivity index (χ3n) is 2.29. The molecule has 0 aromatic heterocycles. The van der Waals surface area contributed by atoms with Crippen molar-refractivity contribution in [1.29, 1.82) is 0 Å². The second-order valence-electron chi connectivity index (χ2n) is 3.53. The summed E-state index contributed by atoms with van der Waals surface area (Å²) in [5.74, 6) is -0.194. The zero-order chi connectivity index (χ0) is 13.4. The first-order valence-corrected chi connectivity index (χ1v) is 5.40. The van der Waals surface area contributed by atoms with Crippen LogP contribution in [0.4, 0.5) is 0 Å². The standard InChI is InChI=1S/2C7H8O2.Ca/c2*8-5-6-3-1-2-4-7(6)9;/h2*1-4,8-9H,5H2;/q;;+2/p-2. The Balaban J connectivity index is 0.000000324. The molecule has 2 aromatic carbocycles. The minimum Gasteiger partial charge on any atom is -0.872 e. The Bertz CT molecular complexity index is 443. The van der Waals surface area contributed by atoms with Crippen molar-refractivity contribution < 1.29 is 20.4 Å². The number of aliphatic hydroxyl groups is 2. The normalized spacial score (nSPS) is 8.95. The van der Waals surface area contributed by atoms with Crippen LogP contribution in [0.15, 0.2) is 48.5 Å². The fraction of sp³-hybridized carbons (Fsp3) is 0.143. The van der Waals surface area contributed by atoms with Crippen molar-refractivity contribution >= 4 is 37.7 Å². The van der Waals surface area contributed by atoms with Crippen LogP contribution in [0, 0.1) is 0 Å². The second-order valence-corrected chi connectivity index (χ2v) is 3.53. The van der Waals surface area contributed by atoms with Gasteiger partial charge in [0, 0.05) is 0 Å². The SMILES string of the molecule is [Ca+2].[O-]c1ccccc1CO.[O-]c1ccccc1CO. The van der Waals surface area contributed by atoms with E-state index in [-0.39, 0.29) is 62.5 Å². The molecule has 0 radical (unpaired) electrons. The Kier molecular flexibility index (Phi) is 9.65. The van der Waals surface area contributed by atoms with Gasteiger partial charge in [-0.15, -0.1) is 11.5 Å². The molecule has 2 rings (SSSR count). The van der Waals surface area contributed by atoms with E-state index in [0.29, 0.717) is 11.1 Å². The van der Waals surface area contributed by atoms with Crippen LogP contribution in [0.25, 0.3) is 0 Å². The molecule has 0 bridgehead atoms. The zero-order valence-electron chi connectivity index (χ0n) is 10.5. The van der Waals surface area contributed by atoms with E-state index in [1.807, 2.05) is 0 Å². The van der Waals surface area contributed by atoms with Crippen LogP contribution in [-0.2, 0) is 13.2 Å². The van der Waals surface area contributed by atoms with Crippen LogP contribution in [0.1, 0.15) is 11.1 Å². The Labute approximate surface area is 142 Å². The molecule has 2 aromatic rings. The van der Waals surface area contributed by atoms with E-state index in [1.54, 1.807) is 36.4 Å². The number of aliphatic hydroxyl groups excluding tert-OH is 2. The zero-order valence-corrected chi connectivity index (χ0v) is 12.7. The largest absolute Gasteiger partial charge is 2.00 e. The third kappa shape index (κ3) is 6.27. The van der Waals surface area contributed by atoms with E-state index < -0.39 is 0 Å². The molecule has 0 unspecified atom stereocenters. The first-order chi connectivity index (χ1) is 8.69. The van der Waals surface area contributed by atoms with Crippen LogP contribution in [0.3, 0.4) is 0 Å². The summed E-state index contributed by atoms with van der Waals surface area (Å²) in [6.45, 7) is -0.334. The molecule has 0 fully saturated rings. The molecule has 2 N–H and O–H groups in total. The van der Waals surface area contributed by atoms with Gasteiger partial charge in [0.25, 0.3) is 0 Å². The average Bonchev–Trinajstić information content (AvgIpc) is 2.41. The van der Waals surface area contributed by atoms with Crippen LogP contribution < -0.4 is 10.2 Å². The van der Waals surface area contributed by atoms with Gasteiger partial charge in [0.2, 0.25) is 0 Å². The van der Waals surface area contributed by atoms with Crippen LogP contribution in [-0.4, -0.2) is 48.0 Å². The smallest absolute Gasteiger partial charge is 0.872 e. The fourth-order valence-corrected chi connectivity index (χ4v) is 1.27. The Morgan fingerprint density at radius 1 is 0.684 bits per heavy atom. The summed E-state index contributed by atoms with van der Waals surface area (Å²) in [5, 5.41) is 38.4. The summed E-state index contributed by atoms with van der Waals surface area (Å²) >= 11 is 0. The van der Waals surface area contributed by atoms with Gasteiger partial charge >= 0.3 is 37.7 Å². The van der Waals surface area contributed by atoms with Gasteiger partial charge in [0.1, 0.15) is 0 Å². The Morgan fingerprint density at radius 2 is 1.00 bits per heavy atom. The Hall–Kier alpha value is -0.780. The molecule has 0 aliphatic rings. The quantitative estimate of drug-likeness (QED) is 0.768. The van der Waals surface area contributed by atoms with Gasteiger partial charge in [0.15, 0.2) is 0 Å². The molecule has 0 saturated heterocycles. The van der Waals surface area contributed by atoms with E-state index >= 15 is 0 Å². The number of rotatable bonds is 2. The maximum Gasteiger partial charge on any atom is 2.00 e. The summed E-state index contributed by atoms with van der Waals surface area (Å²) in [7, 11) is 0. The van der Waals surface area contributed by atoms with E-state index in [1.165, 1.54) is 12.1 Å². The molecule has 19 heavy (non-hydrogen) atoms. The van der Waals surface area contributed by atoms with Gasteiger partial charge in [-0.3, -0.25) is 0 Å². The molecule has 0 spiro atoms. The number of para-hydroxylation sites is 2. The maximum absolute atomic E-state index is 10.7. The van der Waals surface area contributed by atoms with Crippen molar-refractivity contribution in [3.8, 4) is 11.5 Å². The van der Waals surface area contributed by atoms with Gasteiger partial charge in [0.05, 0.1) is 13.2 Å². The third-order valence-corrected chi connectivity index (χ3v) is 2.29. The van der Waals surface area contributed by atoms with Crippen molar-refractivity contribution in [2.24, 2.45) is 0 Å². The average molecular weight is 286 g/mol. The summed E-state index contributed by atoms with van der Waals surface area (Å²) in [6.07, 6.45) is 0. The molecule has 4 nitrogen and oxygen atoms in total. The first kappa shape index (κ1) is 18.2. The molecule has 5 heteroatoms. The minimum absolute atomic E-state index is 0. The van der Waals surface area contributed by atoms with Gasteiger partial charge in [-0.05, 0) is 11.1 Å². The molecule has 96 valence electrons. The van der Waals surface area contributed by atoms with E-state index in [2.05, 4.69) is 0 Å². The molecular weight excluding hydrogens is 272 g/mol. The fourth-order valence-electron chi connectivity index (χ4n) is 1.27. The summed E-state index contributed by atoms with van der Waals surface area (Å²) < 4.78 is 0. The molecule has 0 heterocycles. The van der Waals surface area contributed by atoms with Gasteiger partial charge in [-0.25, -0.2) is 0 Å². The molecular formula is C14H14CaO4. The summed E-state index contributed by atoms with van der Waals surface area (Å²) in [6, 6.07) is 12.9. The first-order valence-electron chi connectivity index (χ1n) is 5.40. The van der Waals surface area contributed by atoms with Crippen molar-refractivity contribution in [2.45, 2.75) is 13.2 Å². The summed E-state index contributed by atoms with van der Waals surface area (Å²) in [5.41, 5.74) is 0.912. The second kappa shape index (κ2) is 10.1. The number of benzene rings is 2. The molecule has 0 atom stereocenters. The number of hydrogen-bond acceptors (Lipinski definition) is 4. The van der Waals surface area contributed by atoms with Crippen molar-refractivity contribution in [3.63, 3.8) is 0 Å². The number of hydrogen-bond donors (Lipinski definition) is 2. The predicted molar refractivity (Wildman–Crippen MR) is 69.4 cm³/mol. The molecule has 0 amide bonds. The van der Waals surface area contributed by atoms with E-state index in [0.717, 1.165) is 0 Å². The Morgan fingerprint density at radius 3 is 1.21 bits per heavy atom. The van der Waals surface area contributed by atoms with Gasteiger partial charge in [-0.2, -0.15) is 0 Å². The van der Waals surface area contributed by atoms with E-state index in [9.17, 15) is 10.2 Å². The predicted octanol–water partition coefficient (Wildman–Crippen LogP) is 0.124. The topological polar surface area (TPSA) is 86.6 Å². The van der Waals surface area contributed by atoms with Crippen molar-refractivity contribution in [3.05, 3.63) is 59.7 Å². The monoisotopic (exact) mass is 286 g/mol. The van der Waals surface area contributed by atoms with E-state index in [4.69, 9.17) is 10.2 Å². The van der Waals surface area contributed by atoms with Crippen LogP contribution in [0.5, 0.6) is 11.5 Å². The molecule has 0 saturated carbocycles.